The van der Waals surface area contributed by atoms with Crippen LogP contribution in [-0.4, -0.2) is 82.7 Å². The molecule has 1 unspecified atom stereocenters. The van der Waals surface area contributed by atoms with Crippen molar-refractivity contribution in [2.45, 2.75) is 186 Å². The van der Waals surface area contributed by atoms with E-state index in [1.807, 2.05) is 24.3 Å². The SMILES string of the molecule is CCCCCCCC/C=C\CCCCCCCCCC(=O)OC[C@H](COP(=O)(O)OC[C@@H](O)CO)OC(=O)CCC/C=C\C[C@H]1C=CC(=O)[C@@H]1/C=C/[C@@H](O)CCCCC. The minimum Gasteiger partial charge on any atom is -0.462 e. The lowest BCUT2D eigenvalue weighted by Crippen LogP contribution is -2.29. The zero-order chi connectivity index (χ0) is 43.4. The quantitative estimate of drug-likeness (QED) is 0.0199. The van der Waals surface area contributed by atoms with Crippen LogP contribution in [0.4, 0.5) is 0 Å². The van der Waals surface area contributed by atoms with Crippen molar-refractivity contribution in [1.29, 1.82) is 0 Å². The van der Waals surface area contributed by atoms with Crippen molar-refractivity contribution in [1.82, 2.24) is 0 Å². The van der Waals surface area contributed by atoms with Crippen molar-refractivity contribution in [2.24, 2.45) is 11.8 Å². The molecule has 1 aliphatic carbocycles. The Bertz CT molecular complexity index is 1260. The second-order valence-corrected chi connectivity index (χ2v) is 17.2. The molecule has 0 saturated carbocycles. The molecule has 0 amide bonds. The summed E-state index contributed by atoms with van der Waals surface area (Å²) in [4.78, 5) is 47.6. The largest absolute Gasteiger partial charge is 0.472 e. The molecule has 1 aliphatic rings. The maximum atomic E-state index is 12.7. The molecular formula is C46H79O12P. The molecule has 0 radical (unpaired) electrons. The summed E-state index contributed by atoms with van der Waals surface area (Å²) >= 11 is 0. The number of carbonyl (C=O) groups excluding carboxylic acids is 3. The van der Waals surface area contributed by atoms with Crippen molar-refractivity contribution in [3.05, 3.63) is 48.6 Å². The minimum absolute atomic E-state index is 0.00313. The predicted octanol–water partition coefficient (Wildman–Crippen LogP) is 9.73. The van der Waals surface area contributed by atoms with Gasteiger partial charge in [0, 0.05) is 18.8 Å². The van der Waals surface area contributed by atoms with E-state index in [4.69, 9.17) is 19.1 Å². The number of aliphatic hydroxyl groups excluding tert-OH is 3. The van der Waals surface area contributed by atoms with Crippen LogP contribution in [0.15, 0.2) is 48.6 Å². The summed E-state index contributed by atoms with van der Waals surface area (Å²) in [6, 6.07) is 0. The second-order valence-electron chi connectivity index (χ2n) is 15.7. The van der Waals surface area contributed by atoms with Crippen molar-refractivity contribution in [3.8, 4) is 0 Å². The summed E-state index contributed by atoms with van der Waals surface area (Å²) in [5.74, 6) is -1.37. The van der Waals surface area contributed by atoms with Crippen molar-refractivity contribution < 1.29 is 57.7 Å². The van der Waals surface area contributed by atoms with E-state index in [9.17, 15) is 34.1 Å². The topological polar surface area (TPSA) is 186 Å². The maximum Gasteiger partial charge on any atom is 0.472 e. The first-order valence-electron chi connectivity index (χ1n) is 22.7. The van der Waals surface area contributed by atoms with Crippen LogP contribution >= 0.6 is 7.82 Å². The molecular weight excluding hydrogens is 775 g/mol. The van der Waals surface area contributed by atoms with Gasteiger partial charge >= 0.3 is 19.8 Å². The van der Waals surface area contributed by atoms with Crippen LogP contribution in [0, 0.1) is 11.8 Å². The Labute approximate surface area is 355 Å². The summed E-state index contributed by atoms with van der Waals surface area (Å²) < 4.78 is 32.7. The number of phosphoric ester groups is 1. The van der Waals surface area contributed by atoms with Crippen molar-refractivity contribution >= 4 is 25.5 Å². The highest BCUT2D eigenvalue weighted by Gasteiger charge is 2.28. The van der Waals surface area contributed by atoms with Gasteiger partial charge in [0.05, 0.1) is 25.9 Å². The third kappa shape index (κ3) is 31.1. The molecule has 0 aromatic carbocycles. The van der Waals surface area contributed by atoms with Gasteiger partial charge in [-0.2, -0.15) is 0 Å². The molecule has 12 nitrogen and oxygen atoms in total. The number of hydrogen-bond acceptors (Lipinski definition) is 11. The lowest BCUT2D eigenvalue weighted by Gasteiger charge is -2.20. The number of rotatable bonds is 39. The second kappa shape index (κ2) is 36.2. The van der Waals surface area contributed by atoms with Gasteiger partial charge in [0.25, 0.3) is 0 Å². The predicted molar refractivity (Wildman–Crippen MR) is 232 cm³/mol. The molecule has 0 aliphatic heterocycles. The van der Waals surface area contributed by atoms with Gasteiger partial charge in [0.1, 0.15) is 12.7 Å². The molecule has 6 atom stereocenters. The number of ketones is 1. The first-order valence-corrected chi connectivity index (χ1v) is 24.1. The summed E-state index contributed by atoms with van der Waals surface area (Å²) in [7, 11) is -4.68. The Balaban J connectivity index is 2.41. The molecule has 340 valence electrons. The Morgan fingerprint density at radius 1 is 0.729 bits per heavy atom. The van der Waals surface area contributed by atoms with Crippen LogP contribution in [0.25, 0.3) is 0 Å². The highest BCUT2D eigenvalue weighted by molar-refractivity contribution is 7.47. The van der Waals surface area contributed by atoms with E-state index in [0.717, 1.165) is 44.9 Å². The van der Waals surface area contributed by atoms with E-state index < -0.39 is 57.9 Å². The fourth-order valence-corrected chi connectivity index (χ4v) is 7.36. The third-order valence-corrected chi connectivity index (χ3v) is 11.2. The first-order chi connectivity index (χ1) is 28.5. The first kappa shape index (κ1) is 54.6. The molecule has 4 N–H and O–H groups in total. The van der Waals surface area contributed by atoms with Gasteiger partial charge in [-0.15, -0.1) is 0 Å². The molecule has 1 rings (SSSR count). The zero-order valence-corrected chi connectivity index (χ0v) is 37.2. The number of unbranched alkanes of at least 4 members (excludes halogenated alkanes) is 16. The average molecular weight is 855 g/mol. The maximum absolute atomic E-state index is 12.7. The zero-order valence-electron chi connectivity index (χ0n) is 36.3. The van der Waals surface area contributed by atoms with Gasteiger partial charge in [-0.1, -0.05) is 140 Å². The Morgan fingerprint density at radius 2 is 1.29 bits per heavy atom. The lowest BCUT2D eigenvalue weighted by molar-refractivity contribution is -0.161. The molecule has 59 heavy (non-hydrogen) atoms. The monoisotopic (exact) mass is 855 g/mol. The molecule has 0 fully saturated rings. The highest BCUT2D eigenvalue weighted by atomic mass is 31.2. The number of esters is 2. The number of ether oxygens (including phenoxy) is 2. The number of aliphatic hydroxyl groups is 3. The van der Waals surface area contributed by atoms with Crippen LogP contribution in [0.5, 0.6) is 0 Å². The summed E-state index contributed by atoms with van der Waals surface area (Å²) in [5, 5.41) is 28.6. The van der Waals surface area contributed by atoms with E-state index in [1.54, 1.807) is 12.2 Å². The molecule has 0 heterocycles. The van der Waals surface area contributed by atoms with Crippen LogP contribution < -0.4 is 0 Å². The summed E-state index contributed by atoms with van der Waals surface area (Å²) in [6.07, 6.45) is 35.6. The molecule has 0 aromatic rings. The van der Waals surface area contributed by atoms with E-state index in [2.05, 4.69) is 30.5 Å². The van der Waals surface area contributed by atoms with Crippen molar-refractivity contribution in [2.75, 3.05) is 26.4 Å². The molecule has 0 aromatic heterocycles. The van der Waals surface area contributed by atoms with Crippen LogP contribution in [0.2, 0.25) is 0 Å². The van der Waals surface area contributed by atoms with Gasteiger partial charge in [-0.3, -0.25) is 23.4 Å². The average Bonchev–Trinajstić information content (AvgIpc) is 3.57. The van der Waals surface area contributed by atoms with Gasteiger partial charge in [-0.25, -0.2) is 4.57 Å². The Hall–Kier alpha value is -2.44. The van der Waals surface area contributed by atoms with Gasteiger partial charge in [-0.05, 0) is 69.8 Å². The van der Waals surface area contributed by atoms with E-state index in [0.29, 0.717) is 32.1 Å². The van der Waals surface area contributed by atoms with Crippen LogP contribution in [0.1, 0.15) is 168 Å². The standard InChI is InChI=1S/C46H79O12P/c1-3-5-7-8-9-10-11-12-13-14-15-16-17-18-19-20-25-29-45(51)55-37-42(38-57-59(53,54)56-36-41(49)35-47)58-46(52)30-26-22-21-24-27-39-31-34-44(50)43(39)33-32-40(48)28-23-6-4-2/h12-13,21,24,31-34,39-43,47-49H,3-11,14-20,22-23,25-30,35-38H2,1-2H3,(H,53,54)/b13-12-,24-21-,33-32+/t39-,40-,41-,42+,43+/m0/s1. The minimum atomic E-state index is -4.68. The molecule has 13 heteroatoms. The van der Waals surface area contributed by atoms with Gasteiger partial charge in [0.15, 0.2) is 11.9 Å². The molecule has 0 bridgehead atoms. The van der Waals surface area contributed by atoms with Crippen molar-refractivity contribution in [3.63, 3.8) is 0 Å². The summed E-state index contributed by atoms with van der Waals surface area (Å²) in [5.41, 5.74) is 0. The van der Waals surface area contributed by atoms with Crippen LogP contribution in [-0.2, 0) is 37.5 Å². The number of phosphoric acid groups is 1. The van der Waals surface area contributed by atoms with Crippen LogP contribution in [0.3, 0.4) is 0 Å². The number of carbonyl (C=O) groups is 3. The fraction of sp³-hybridized carbons (Fsp3) is 0.761. The Morgan fingerprint density at radius 3 is 1.95 bits per heavy atom. The van der Waals surface area contributed by atoms with Gasteiger partial charge < -0.3 is 29.7 Å². The molecule has 0 saturated heterocycles. The van der Waals surface area contributed by atoms with E-state index in [-0.39, 0.29) is 37.1 Å². The molecule has 0 spiro atoms. The number of hydrogen-bond donors (Lipinski definition) is 4. The normalized spacial score (nSPS) is 18.2. The van der Waals surface area contributed by atoms with Gasteiger partial charge in [0.2, 0.25) is 0 Å². The third-order valence-electron chi connectivity index (χ3n) is 10.2. The fourth-order valence-electron chi connectivity index (χ4n) is 6.57. The lowest BCUT2D eigenvalue weighted by atomic mass is 9.90. The Kier molecular flexibility index (Phi) is 33.5. The van der Waals surface area contributed by atoms with E-state index in [1.165, 1.54) is 64.2 Å². The smallest absolute Gasteiger partial charge is 0.462 e. The number of allylic oxidation sites excluding steroid dienone is 7. The summed E-state index contributed by atoms with van der Waals surface area (Å²) in [6.45, 7) is 2.04. The highest BCUT2D eigenvalue weighted by Crippen LogP contribution is 2.43. The van der Waals surface area contributed by atoms with E-state index >= 15 is 0 Å².